The van der Waals surface area contributed by atoms with Crippen LogP contribution in [0.2, 0.25) is 0 Å². The SMILES string of the molecule is CC1c2ccccc2-c2ccc(N(c3ccccc3)c3ccc(-c4ccc5c(c4)c4ccccc4n5-c4ccccc4)cc3)cc21.c1ccc(-c2ccc(-c3ccc(N(c4ccc(-c5ccccc5)cc4)c4ccc(-c5ccc6c(c5)c5ccccc5n6-c5ccccc5)cc4)cc3)cc2)cc1.c1ccc(-c2ccc(N(c3ccc(-c4ccc5c(c4)c4ccccc4n5-c4ccccc4)cc3)c3cccc4ccccc34)cc2)cc1. The molecule has 1 aliphatic carbocycles. The highest BCUT2D eigenvalue weighted by Gasteiger charge is 2.29. The average molecular weight is 1920 g/mol. The molecule has 0 bridgehead atoms. The van der Waals surface area contributed by atoms with Gasteiger partial charge in [-0.2, -0.15) is 0 Å². The van der Waals surface area contributed by atoms with E-state index < -0.39 is 0 Å². The van der Waals surface area contributed by atoms with Gasteiger partial charge in [-0.1, -0.05) is 407 Å². The van der Waals surface area contributed by atoms with Crippen LogP contribution in [0, 0.1) is 0 Å². The van der Waals surface area contributed by atoms with E-state index in [1.165, 1.54) is 199 Å². The largest absolute Gasteiger partial charge is 0.311 e. The minimum Gasteiger partial charge on any atom is -0.311 e. The zero-order chi connectivity index (χ0) is 99.7. The van der Waals surface area contributed by atoms with Crippen molar-refractivity contribution < 1.29 is 0 Å². The highest BCUT2D eigenvalue weighted by molar-refractivity contribution is 6.14. The van der Waals surface area contributed by atoms with Crippen LogP contribution in [0.3, 0.4) is 0 Å². The number of rotatable bonds is 19. The van der Waals surface area contributed by atoms with Crippen LogP contribution >= 0.6 is 0 Å². The predicted molar refractivity (Wildman–Crippen MR) is 635 cm³/mol. The Morgan fingerprint density at radius 3 is 0.753 bits per heavy atom. The Kier molecular flexibility index (Phi) is 24.0. The quantitative estimate of drug-likeness (QED) is 0.0806. The van der Waals surface area contributed by atoms with Crippen molar-refractivity contribution in [1.82, 2.24) is 13.7 Å². The standard InChI is InChI=1S/C54H38N2.C46H32N2.C44H32N2/c1-4-12-39(13-5-1)41-20-22-42(23-21-41)44-26-33-49(34-27-44)55(48-31-24-43(25-32-48)40-14-6-2-7-15-40)50-35-28-45(29-36-50)46-30-37-54-52(38-46)51-18-10-11-19-53(51)56(54)47-16-8-3-9-17-47;1-3-12-33(13-4-1)34-22-27-39(28-23-34)47(44-21-11-15-36-14-7-8-18-41(36)44)40-29-24-35(25-30-40)37-26-31-46-43(32-37)42-19-9-10-20-45(42)48(46)38-16-5-2-6-17-38;1-30-37-16-8-9-17-38(37)39-26-25-36(29-41(30)39)45(33-12-4-2-5-13-33)35-23-20-31(21-24-35)32-22-27-44-42(28-32)40-18-10-11-19-43(40)46(44)34-14-6-3-7-15-34/h1-38H;1-32H;2-30H,1H3. The molecule has 1 aliphatic rings. The summed E-state index contributed by atoms with van der Waals surface area (Å²) >= 11 is 0. The summed E-state index contributed by atoms with van der Waals surface area (Å²) in [6.07, 6.45) is 0. The maximum absolute atomic E-state index is 2.39. The summed E-state index contributed by atoms with van der Waals surface area (Å²) in [7, 11) is 0. The summed E-state index contributed by atoms with van der Waals surface area (Å²) in [4.78, 5) is 7.09. The van der Waals surface area contributed by atoms with Gasteiger partial charge in [0.1, 0.15) is 0 Å². The third-order valence-electron chi connectivity index (χ3n) is 29.9. The normalized spacial score (nSPS) is 12.0. The zero-order valence-electron chi connectivity index (χ0n) is 82.8. The van der Waals surface area contributed by atoms with Crippen LogP contribution in [0.1, 0.15) is 24.0 Å². The van der Waals surface area contributed by atoms with E-state index >= 15 is 0 Å². The highest BCUT2D eigenvalue weighted by atomic mass is 15.2. The molecule has 3 aromatic heterocycles. The average Bonchev–Trinajstić information content (AvgIpc) is 1.61. The number of anilines is 9. The van der Waals surface area contributed by atoms with Gasteiger partial charge in [-0.05, 0) is 300 Å². The van der Waals surface area contributed by atoms with Crippen molar-refractivity contribution >= 4 is 127 Å². The van der Waals surface area contributed by atoms with E-state index in [0.717, 1.165) is 45.5 Å². The fourth-order valence-electron chi connectivity index (χ4n) is 22.5. The molecule has 0 N–H and O–H groups in total. The van der Waals surface area contributed by atoms with Gasteiger partial charge >= 0.3 is 0 Å². The zero-order valence-corrected chi connectivity index (χ0v) is 82.8. The van der Waals surface area contributed by atoms with Gasteiger partial charge in [0, 0.05) is 106 Å². The van der Waals surface area contributed by atoms with Crippen molar-refractivity contribution in [3.8, 4) is 106 Å². The fraction of sp³-hybridized carbons (Fsp3) is 0.0139. The summed E-state index contributed by atoms with van der Waals surface area (Å²) in [5.41, 5.74) is 43.3. The molecular formula is C144H102N6. The first-order valence-corrected chi connectivity index (χ1v) is 51.6. The Balaban J connectivity index is 0.000000114. The number of benzene rings is 24. The molecule has 150 heavy (non-hydrogen) atoms. The minimum absolute atomic E-state index is 0.369. The van der Waals surface area contributed by atoms with Gasteiger partial charge < -0.3 is 28.4 Å². The Bertz CT molecular complexity index is 9540. The minimum atomic E-state index is 0.369. The van der Waals surface area contributed by atoms with E-state index in [9.17, 15) is 0 Å². The van der Waals surface area contributed by atoms with Crippen LogP contribution in [-0.4, -0.2) is 13.7 Å². The van der Waals surface area contributed by atoms with Crippen LogP contribution in [0.15, 0.2) is 595 Å². The topological polar surface area (TPSA) is 24.5 Å². The smallest absolute Gasteiger partial charge is 0.0541 e. The van der Waals surface area contributed by atoms with E-state index in [0.29, 0.717) is 5.92 Å². The number of para-hydroxylation sites is 7. The number of hydrogen-bond acceptors (Lipinski definition) is 3. The van der Waals surface area contributed by atoms with Crippen LogP contribution in [0.25, 0.3) is 182 Å². The molecule has 708 valence electrons. The molecule has 6 heteroatoms. The second kappa shape index (κ2) is 39.8. The van der Waals surface area contributed by atoms with E-state index in [-0.39, 0.29) is 0 Å². The molecule has 0 aliphatic heterocycles. The maximum Gasteiger partial charge on any atom is 0.0541 e. The van der Waals surface area contributed by atoms with E-state index in [1.54, 1.807) is 0 Å². The number of hydrogen-bond donors (Lipinski definition) is 0. The van der Waals surface area contributed by atoms with Gasteiger partial charge in [0.2, 0.25) is 0 Å². The van der Waals surface area contributed by atoms with Gasteiger partial charge in [0.05, 0.1) is 38.8 Å². The fourth-order valence-corrected chi connectivity index (χ4v) is 22.5. The van der Waals surface area contributed by atoms with Gasteiger partial charge in [-0.15, -0.1) is 0 Å². The molecule has 28 rings (SSSR count). The second-order valence-corrected chi connectivity index (χ2v) is 38.6. The third kappa shape index (κ3) is 17.2. The summed E-state index contributed by atoms with van der Waals surface area (Å²) < 4.78 is 7.09. The first kappa shape index (κ1) is 90.4. The highest BCUT2D eigenvalue weighted by Crippen LogP contribution is 2.50. The monoisotopic (exact) mass is 1910 g/mol. The van der Waals surface area contributed by atoms with Crippen molar-refractivity contribution in [2.75, 3.05) is 14.7 Å². The molecule has 24 aromatic carbocycles. The Hall–Kier alpha value is -19.7. The first-order chi connectivity index (χ1) is 74.3. The van der Waals surface area contributed by atoms with Crippen LogP contribution in [-0.2, 0) is 0 Å². The second-order valence-electron chi connectivity index (χ2n) is 38.6. The van der Waals surface area contributed by atoms with Crippen molar-refractivity contribution in [1.29, 1.82) is 0 Å². The van der Waals surface area contributed by atoms with Gasteiger partial charge in [-0.25, -0.2) is 0 Å². The van der Waals surface area contributed by atoms with Crippen molar-refractivity contribution in [3.05, 3.63) is 606 Å². The third-order valence-corrected chi connectivity index (χ3v) is 29.9. The Labute approximate surface area is 874 Å². The van der Waals surface area contributed by atoms with Gasteiger partial charge in [0.25, 0.3) is 0 Å². The van der Waals surface area contributed by atoms with Gasteiger partial charge in [-0.3, -0.25) is 0 Å². The summed E-state index contributed by atoms with van der Waals surface area (Å²) in [5.74, 6) is 0.369. The summed E-state index contributed by atoms with van der Waals surface area (Å²) in [5, 5.41) is 9.99. The van der Waals surface area contributed by atoms with Crippen molar-refractivity contribution in [2.45, 2.75) is 12.8 Å². The predicted octanol–water partition coefficient (Wildman–Crippen LogP) is 39.7. The number of fused-ring (bicyclic) bond motifs is 13. The molecule has 0 amide bonds. The maximum atomic E-state index is 2.39. The Morgan fingerprint density at radius 1 is 0.147 bits per heavy atom. The van der Waals surface area contributed by atoms with Gasteiger partial charge in [0.15, 0.2) is 0 Å². The lowest BCUT2D eigenvalue weighted by Crippen LogP contribution is -2.10. The molecule has 0 saturated carbocycles. The van der Waals surface area contributed by atoms with Crippen LogP contribution in [0.4, 0.5) is 51.2 Å². The molecule has 6 nitrogen and oxygen atoms in total. The number of nitrogens with zero attached hydrogens (tertiary/aromatic N) is 6. The lowest BCUT2D eigenvalue weighted by atomic mass is 9.98. The number of aromatic nitrogens is 3. The molecule has 1 atom stereocenters. The Morgan fingerprint density at radius 2 is 0.387 bits per heavy atom. The molecule has 3 heterocycles. The first-order valence-electron chi connectivity index (χ1n) is 51.6. The molecule has 1 unspecified atom stereocenters. The van der Waals surface area contributed by atoms with Crippen LogP contribution in [0.5, 0.6) is 0 Å². The van der Waals surface area contributed by atoms with Crippen molar-refractivity contribution in [3.63, 3.8) is 0 Å². The van der Waals surface area contributed by atoms with E-state index in [4.69, 9.17) is 0 Å². The van der Waals surface area contributed by atoms with Crippen molar-refractivity contribution in [2.24, 2.45) is 0 Å². The lowest BCUT2D eigenvalue weighted by molar-refractivity contribution is 0.956. The molecule has 0 saturated heterocycles. The summed E-state index contributed by atoms with van der Waals surface area (Å²) in [6.45, 7) is 2.32. The van der Waals surface area contributed by atoms with Crippen LogP contribution < -0.4 is 14.7 Å². The molecule has 0 radical (unpaired) electrons. The molecule has 0 spiro atoms. The van der Waals surface area contributed by atoms with E-state index in [2.05, 4.69) is 630 Å². The summed E-state index contributed by atoms with van der Waals surface area (Å²) in [6, 6.07) is 214. The van der Waals surface area contributed by atoms with E-state index in [1.807, 2.05) is 0 Å². The lowest BCUT2D eigenvalue weighted by Gasteiger charge is -2.27. The molecule has 27 aromatic rings. The molecular weight excluding hydrogens is 1810 g/mol. The molecule has 0 fully saturated rings.